The van der Waals surface area contributed by atoms with Crippen molar-refractivity contribution in [1.29, 1.82) is 0 Å². The van der Waals surface area contributed by atoms with Crippen LogP contribution in [0, 0.1) is 0 Å². The molecule has 2 aromatic carbocycles. The van der Waals surface area contributed by atoms with Crippen molar-refractivity contribution in [3.05, 3.63) is 59.7 Å². The zero-order chi connectivity index (χ0) is 25.1. The van der Waals surface area contributed by atoms with Crippen LogP contribution < -0.4 is 21.7 Å². The van der Waals surface area contributed by atoms with Gasteiger partial charge in [0.1, 0.15) is 5.60 Å². The summed E-state index contributed by atoms with van der Waals surface area (Å²) < 4.78 is 15.4. The maximum atomic E-state index is 11.5. The normalized spacial score (nSPS) is 15.7. The van der Waals surface area contributed by atoms with E-state index in [9.17, 15) is 4.79 Å². The van der Waals surface area contributed by atoms with Crippen LogP contribution in [0.25, 0.3) is 0 Å². The molecule has 0 spiro atoms. The molecule has 2 aromatic rings. The highest BCUT2D eigenvalue weighted by Crippen LogP contribution is 2.15. The molecule has 0 unspecified atom stereocenters. The van der Waals surface area contributed by atoms with Gasteiger partial charge in [0.15, 0.2) is 0 Å². The van der Waals surface area contributed by atoms with E-state index in [0.717, 1.165) is 45.0 Å². The van der Waals surface area contributed by atoms with E-state index in [1.54, 1.807) is 0 Å². The highest BCUT2D eigenvalue weighted by molar-refractivity contribution is 5.67. The van der Waals surface area contributed by atoms with Crippen molar-refractivity contribution < 1.29 is 19.0 Å². The molecule has 2 saturated heterocycles. The first kappa shape index (κ1) is 26.8. The molecule has 0 aromatic heterocycles. The van der Waals surface area contributed by atoms with E-state index in [-0.39, 0.29) is 6.09 Å². The first-order valence-electron chi connectivity index (χ1n) is 12.3. The molecular weight excluding hydrogens is 444 g/mol. The van der Waals surface area contributed by atoms with Gasteiger partial charge in [0.05, 0.1) is 38.5 Å². The minimum absolute atomic E-state index is 0.370. The number of alkyl carbamates (subject to hydrolysis) is 1. The summed E-state index contributed by atoms with van der Waals surface area (Å²) in [5.74, 6) is 0. The Morgan fingerprint density at radius 2 is 1.31 bits per heavy atom. The number of nitrogens with one attached hydrogen (secondary N) is 3. The molecule has 192 valence electrons. The van der Waals surface area contributed by atoms with Crippen LogP contribution in [-0.4, -0.2) is 63.3 Å². The van der Waals surface area contributed by atoms with Crippen LogP contribution in [-0.2, 0) is 27.1 Å². The summed E-state index contributed by atoms with van der Waals surface area (Å²) in [6.07, 6.45) is 1.37. The van der Waals surface area contributed by atoms with Crippen LogP contribution in [0.5, 0.6) is 0 Å². The lowest BCUT2D eigenvalue weighted by molar-refractivity contribution is 0.0211. The van der Waals surface area contributed by atoms with Crippen molar-refractivity contribution >= 4 is 17.5 Å². The van der Waals surface area contributed by atoms with Crippen molar-refractivity contribution in [1.82, 2.24) is 5.32 Å². The summed E-state index contributed by atoms with van der Waals surface area (Å²) in [7, 11) is 0. The molecule has 2 fully saturated rings. The van der Waals surface area contributed by atoms with Gasteiger partial charge in [-0.05, 0) is 75.5 Å². The molecule has 35 heavy (non-hydrogen) atoms. The number of rotatable bonds is 9. The van der Waals surface area contributed by atoms with Gasteiger partial charge in [0.2, 0.25) is 0 Å². The van der Waals surface area contributed by atoms with E-state index in [1.165, 1.54) is 16.8 Å². The molecule has 4 rings (SSSR count). The molecule has 8 heteroatoms. The second-order valence-electron chi connectivity index (χ2n) is 9.87. The minimum Gasteiger partial charge on any atom is -0.444 e. The fraction of sp³-hybridized carbons (Fsp3) is 0.519. The summed E-state index contributed by atoms with van der Waals surface area (Å²) >= 11 is 0. The van der Waals surface area contributed by atoms with Gasteiger partial charge in [-0.25, -0.2) is 4.79 Å². The molecule has 0 radical (unpaired) electrons. The van der Waals surface area contributed by atoms with Crippen LogP contribution >= 0.6 is 0 Å². The van der Waals surface area contributed by atoms with Gasteiger partial charge < -0.3 is 35.9 Å². The molecule has 1 amide bonds. The maximum Gasteiger partial charge on any atom is 0.407 e. The van der Waals surface area contributed by atoms with Crippen molar-refractivity contribution in [2.75, 3.05) is 50.2 Å². The second-order valence-corrected chi connectivity index (χ2v) is 9.87. The summed E-state index contributed by atoms with van der Waals surface area (Å²) in [4.78, 5) is 11.5. The molecule has 0 bridgehead atoms. The Kier molecular flexibility index (Phi) is 10.2. The molecule has 2 aliphatic rings. The van der Waals surface area contributed by atoms with Crippen LogP contribution in [0.2, 0.25) is 0 Å². The number of nitrogens with two attached hydrogens (primary N) is 1. The lowest BCUT2D eigenvalue weighted by atomic mass is 10.1. The quantitative estimate of drug-likeness (QED) is 0.431. The number of hydrogen-bond donors (Lipinski definition) is 4. The number of hydrogen-bond acceptors (Lipinski definition) is 7. The Balaban J connectivity index is 0.000000211. The number of amides is 1. The van der Waals surface area contributed by atoms with Crippen molar-refractivity contribution in [3.8, 4) is 0 Å². The molecule has 0 saturated carbocycles. The standard InChI is InChI=1S/C16H24N2O3.C11H16N2O/c1-16(2,3)21-15(19)17-9-8-12-4-6-13(7-5-12)18-14-10-20-11-14;12-6-5-9-1-3-10(4-2-9)13-11-7-14-8-11/h4-7,14,18H,8-11H2,1-3H3,(H,17,19);1-4,11,13H,5-8,12H2. The first-order chi connectivity index (χ1) is 16.8. The third kappa shape index (κ3) is 10.1. The van der Waals surface area contributed by atoms with Gasteiger partial charge in [-0.2, -0.15) is 0 Å². The SMILES string of the molecule is CC(C)(C)OC(=O)NCCc1ccc(NC2COC2)cc1.NCCc1ccc(NC2COC2)cc1. The Morgan fingerprint density at radius 3 is 1.69 bits per heavy atom. The Labute approximate surface area is 208 Å². The lowest BCUT2D eigenvalue weighted by Gasteiger charge is -2.27. The first-order valence-corrected chi connectivity index (χ1v) is 12.3. The number of ether oxygens (including phenoxy) is 3. The third-order valence-electron chi connectivity index (χ3n) is 5.44. The Hall–Kier alpha value is -2.81. The predicted molar refractivity (Wildman–Crippen MR) is 140 cm³/mol. The van der Waals surface area contributed by atoms with Gasteiger partial charge in [0.25, 0.3) is 0 Å². The minimum atomic E-state index is -0.456. The van der Waals surface area contributed by atoms with Gasteiger partial charge >= 0.3 is 6.09 Å². The molecule has 5 N–H and O–H groups in total. The van der Waals surface area contributed by atoms with Gasteiger partial charge in [-0.3, -0.25) is 0 Å². The molecule has 8 nitrogen and oxygen atoms in total. The smallest absolute Gasteiger partial charge is 0.407 e. The topological polar surface area (TPSA) is 107 Å². The monoisotopic (exact) mass is 484 g/mol. The number of carbonyl (C=O) groups is 1. The lowest BCUT2D eigenvalue weighted by Crippen LogP contribution is -2.40. The second kappa shape index (κ2) is 13.3. The predicted octanol–water partition coefficient (Wildman–Crippen LogP) is 3.56. The van der Waals surface area contributed by atoms with E-state index >= 15 is 0 Å². The van der Waals surface area contributed by atoms with Crippen molar-refractivity contribution in [2.45, 2.75) is 51.3 Å². The zero-order valence-corrected chi connectivity index (χ0v) is 21.1. The summed E-state index contributed by atoms with van der Waals surface area (Å²) in [5, 5.41) is 9.54. The molecule has 0 atom stereocenters. The van der Waals surface area contributed by atoms with Crippen LogP contribution in [0.3, 0.4) is 0 Å². The number of anilines is 2. The van der Waals surface area contributed by atoms with E-state index < -0.39 is 5.60 Å². The van der Waals surface area contributed by atoms with Gasteiger partial charge in [-0.15, -0.1) is 0 Å². The van der Waals surface area contributed by atoms with Crippen molar-refractivity contribution in [3.63, 3.8) is 0 Å². The van der Waals surface area contributed by atoms with E-state index in [0.29, 0.717) is 25.2 Å². The molecule has 2 aliphatic heterocycles. The van der Waals surface area contributed by atoms with E-state index in [1.807, 2.05) is 20.8 Å². The molecule has 0 aliphatic carbocycles. The summed E-state index contributed by atoms with van der Waals surface area (Å²) in [6.45, 7) is 10.0. The fourth-order valence-corrected chi connectivity index (χ4v) is 3.43. The fourth-order valence-electron chi connectivity index (χ4n) is 3.43. The van der Waals surface area contributed by atoms with Crippen LogP contribution in [0.1, 0.15) is 31.9 Å². The van der Waals surface area contributed by atoms with Gasteiger partial charge in [-0.1, -0.05) is 24.3 Å². The number of benzene rings is 2. The van der Waals surface area contributed by atoms with Gasteiger partial charge in [0, 0.05) is 17.9 Å². The summed E-state index contributed by atoms with van der Waals surface area (Å²) in [5.41, 5.74) is 9.77. The zero-order valence-electron chi connectivity index (χ0n) is 21.1. The van der Waals surface area contributed by atoms with Crippen molar-refractivity contribution in [2.24, 2.45) is 5.73 Å². The Morgan fingerprint density at radius 1 is 0.857 bits per heavy atom. The average molecular weight is 485 g/mol. The third-order valence-corrected chi connectivity index (χ3v) is 5.44. The number of carbonyl (C=O) groups excluding carboxylic acids is 1. The summed E-state index contributed by atoms with van der Waals surface area (Å²) in [6, 6.07) is 17.6. The highest BCUT2D eigenvalue weighted by atomic mass is 16.6. The van der Waals surface area contributed by atoms with E-state index in [4.69, 9.17) is 19.9 Å². The largest absolute Gasteiger partial charge is 0.444 e. The van der Waals surface area contributed by atoms with Crippen LogP contribution in [0.4, 0.5) is 16.2 Å². The molecule has 2 heterocycles. The van der Waals surface area contributed by atoms with Crippen LogP contribution in [0.15, 0.2) is 48.5 Å². The average Bonchev–Trinajstić information content (AvgIpc) is 2.75. The Bertz CT molecular complexity index is 889. The maximum absolute atomic E-state index is 11.5. The van der Waals surface area contributed by atoms with E-state index in [2.05, 4.69) is 64.5 Å². The molecular formula is C27H40N4O4. The highest BCUT2D eigenvalue weighted by Gasteiger charge is 2.18.